The number of nitrogens with two attached hydrogens (primary N) is 1. The van der Waals surface area contributed by atoms with Crippen LogP contribution in [0.5, 0.6) is 0 Å². The van der Waals surface area contributed by atoms with Crippen LogP contribution in [0.15, 0.2) is 24.3 Å². The summed E-state index contributed by atoms with van der Waals surface area (Å²) in [5.74, 6) is -0.188. The molecule has 1 unspecified atom stereocenters. The van der Waals surface area contributed by atoms with Crippen molar-refractivity contribution in [1.29, 1.82) is 0 Å². The van der Waals surface area contributed by atoms with Gasteiger partial charge in [0.25, 0.3) is 0 Å². The molecular formula is C15H22N2O4. The summed E-state index contributed by atoms with van der Waals surface area (Å²) in [6.07, 6.45) is 1.06. The number of anilines is 1. The Bertz CT molecular complexity index is 443. The third-order valence-electron chi connectivity index (χ3n) is 3.27. The first-order chi connectivity index (χ1) is 10.2. The number of amides is 1. The zero-order valence-electron chi connectivity index (χ0n) is 12.2. The molecule has 1 fully saturated rings. The average Bonchev–Trinajstić information content (AvgIpc) is 3.02. The maximum Gasteiger partial charge on any atom is 0.241 e. The molecule has 1 aliphatic rings. The van der Waals surface area contributed by atoms with Crippen molar-refractivity contribution in [3.05, 3.63) is 29.8 Å². The zero-order valence-corrected chi connectivity index (χ0v) is 12.2. The molecular weight excluding hydrogens is 272 g/mol. The maximum atomic E-state index is 11.9. The predicted octanol–water partition coefficient (Wildman–Crippen LogP) is 1.42. The normalized spacial score (nSPS) is 16.9. The number of nitrogens with one attached hydrogen (secondary N) is 1. The fourth-order valence-electron chi connectivity index (χ4n) is 2.09. The number of ether oxygens (including phenoxy) is 3. The minimum absolute atomic E-state index is 0.188. The second-order valence-corrected chi connectivity index (χ2v) is 4.93. The second kappa shape index (κ2) is 8.09. The van der Waals surface area contributed by atoms with Crippen LogP contribution in [-0.4, -0.2) is 38.9 Å². The van der Waals surface area contributed by atoms with E-state index in [4.69, 9.17) is 19.9 Å². The van der Waals surface area contributed by atoms with E-state index < -0.39 is 6.04 Å². The van der Waals surface area contributed by atoms with E-state index in [1.165, 1.54) is 0 Å². The van der Waals surface area contributed by atoms with Crippen molar-refractivity contribution in [3.8, 4) is 0 Å². The topological polar surface area (TPSA) is 82.8 Å². The molecule has 1 aromatic carbocycles. The Morgan fingerprint density at radius 2 is 2.05 bits per heavy atom. The molecule has 1 saturated heterocycles. The largest absolute Gasteiger partial charge is 0.385 e. The lowest BCUT2D eigenvalue weighted by Gasteiger charge is -2.13. The van der Waals surface area contributed by atoms with Crippen molar-refractivity contribution in [2.75, 3.05) is 32.2 Å². The summed E-state index contributed by atoms with van der Waals surface area (Å²) in [6, 6.07) is 6.87. The van der Waals surface area contributed by atoms with E-state index in [1.54, 1.807) is 7.11 Å². The maximum absolute atomic E-state index is 11.9. The Kier molecular flexibility index (Phi) is 6.13. The lowest BCUT2D eigenvalue weighted by Crippen LogP contribution is -2.35. The van der Waals surface area contributed by atoms with Crippen molar-refractivity contribution in [1.82, 2.24) is 0 Å². The Balaban J connectivity index is 1.83. The molecule has 2 rings (SSSR count). The molecule has 116 valence electrons. The lowest BCUT2D eigenvalue weighted by molar-refractivity contribution is -0.117. The van der Waals surface area contributed by atoms with Crippen LogP contribution in [-0.2, 0) is 19.0 Å². The van der Waals surface area contributed by atoms with Gasteiger partial charge in [0.15, 0.2) is 6.29 Å². The summed E-state index contributed by atoms with van der Waals surface area (Å²) < 4.78 is 15.8. The highest BCUT2D eigenvalue weighted by atomic mass is 16.7. The Morgan fingerprint density at radius 1 is 1.38 bits per heavy atom. The van der Waals surface area contributed by atoms with Gasteiger partial charge in [-0.2, -0.15) is 0 Å². The highest BCUT2D eigenvalue weighted by Crippen LogP contribution is 2.24. The molecule has 1 atom stereocenters. The standard InChI is InChI=1S/C15H22N2O4/c1-19-8-2-3-13(16)14(18)17-12-6-4-11(5-7-12)15-20-9-10-21-15/h4-7,13,15H,2-3,8-10,16H2,1H3,(H,17,18). The highest BCUT2D eigenvalue weighted by molar-refractivity contribution is 5.94. The first-order valence-corrected chi connectivity index (χ1v) is 7.09. The number of carbonyl (C=O) groups excluding carboxylic acids is 1. The molecule has 3 N–H and O–H groups in total. The van der Waals surface area contributed by atoms with Gasteiger partial charge in [0.05, 0.1) is 19.3 Å². The molecule has 0 saturated carbocycles. The molecule has 6 heteroatoms. The molecule has 1 amide bonds. The minimum Gasteiger partial charge on any atom is -0.385 e. The average molecular weight is 294 g/mol. The summed E-state index contributed by atoms with van der Waals surface area (Å²) in [5, 5.41) is 2.80. The van der Waals surface area contributed by atoms with Gasteiger partial charge >= 0.3 is 0 Å². The number of methoxy groups -OCH3 is 1. The fourth-order valence-corrected chi connectivity index (χ4v) is 2.09. The summed E-state index contributed by atoms with van der Waals surface area (Å²) in [5.41, 5.74) is 7.48. The number of hydrogen-bond donors (Lipinski definition) is 2. The van der Waals surface area contributed by atoms with Crippen molar-refractivity contribution < 1.29 is 19.0 Å². The third-order valence-corrected chi connectivity index (χ3v) is 3.27. The van der Waals surface area contributed by atoms with Gasteiger partial charge in [-0.25, -0.2) is 0 Å². The van der Waals surface area contributed by atoms with Gasteiger partial charge in [0.2, 0.25) is 5.91 Å². The van der Waals surface area contributed by atoms with E-state index >= 15 is 0 Å². The number of benzene rings is 1. The van der Waals surface area contributed by atoms with E-state index in [9.17, 15) is 4.79 Å². The fraction of sp³-hybridized carbons (Fsp3) is 0.533. The number of rotatable bonds is 7. The van der Waals surface area contributed by atoms with Crippen LogP contribution in [0.2, 0.25) is 0 Å². The monoisotopic (exact) mass is 294 g/mol. The van der Waals surface area contributed by atoms with Gasteiger partial charge in [0, 0.05) is 25.0 Å². The van der Waals surface area contributed by atoms with Crippen LogP contribution in [0, 0.1) is 0 Å². The first-order valence-electron chi connectivity index (χ1n) is 7.09. The highest BCUT2D eigenvalue weighted by Gasteiger charge is 2.18. The Morgan fingerprint density at radius 3 is 2.67 bits per heavy atom. The van der Waals surface area contributed by atoms with Crippen molar-refractivity contribution >= 4 is 11.6 Å². The Labute approximate surface area is 124 Å². The van der Waals surface area contributed by atoms with Crippen molar-refractivity contribution in [3.63, 3.8) is 0 Å². The number of carbonyl (C=O) groups is 1. The smallest absolute Gasteiger partial charge is 0.241 e. The molecule has 6 nitrogen and oxygen atoms in total. The minimum atomic E-state index is -0.527. The van der Waals surface area contributed by atoms with Crippen molar-refractivity contribution in [2.24, 2.45) is 5.73 Å². The molecule has 0 spiro atoms. The summed E-state index contributed by atoms with van der Waals surface area (Å²) >= 11 is 0. The predicted molar refractivity (Wildman–Crippen MR) is 78.8 cm³/mol. The molecule has 1 aromatic rings. The van der Waals surface area contributed by atoms with Gasteiger partial charge in [0.1, 0.15) is 0 Å². The lowest BCUT2D eigenvalue weighted by atomic mass is 10.1. The van der Waals surface area contributed by atoms with Gasteiger partial charge in [-0.05, 0) is 25.0 Å². The van der Waals surface area contributed by atoms with Crippen LogP contribution < -0.4 is 11.1 Å². The van der Waals surface area contributed by atoms with Gasteiger partial charge in [-0.15, -0.1) is 0 Å². The molecule has 0 aliphatic carbocycles. The van der Waals surface area contributed by atoms with Crippen molar-refractivity contribution in [2.45, 2.75) is 25.2 Å². The summed E-state index contributed by atoms with van der Waals surface area (Å²) in [7, 11) is 1.63. The first kappa shape index (κ1) is 15.9. The van der Waals surface area contributed by atoms with Crippen LogP contribution in [0.1, 0.15) is 24.7 Å². The second-order valence-electron chi connectivity index (χ2n) is 4.93. The third kappa shape index (κ3) is 4.78. The quantitative estimate of drug-likeness (QED) is 0.743. The molecule has 0 radical (unpaired) electrons. The van der Waals surface area contributed by atoms with Gasteiger partial charge < -0.3 is 25.3 Å². The van der Waals surface area contributed by atoms with E-state index in [2.05, 4.69) is 5.32 Å². The molecule has 1 aliphatic heterocycles. The summed E-state index contributed by atoms with van der Waals surface area (Å²) in [4.78, 5) is 11.9. The van der Waals surface area contributed by atoms with E-state index in [0.29, 0.717) is 31.9 Å². The van der Waals surface area contributed by atoms with Crippen LogP contribution in [0.4, 0.5) is 5.69 Å². The number of hydrogen-bond acceptors (Lipinski definition) is 5. The Hall–Kier alpha value is -1.47. The van der Waals surface area contributed by atoms with Gasteiger partial charge in [-0.1, -0.05) is 12.1 Å². The SMILES string of the molecule is COCCCC(N)C(=O)Nc1ccc(C2OCCO2)cc1. The van der Waals surface area contributed by atoms with Crippen LogP contribution in [0.3, 0.4) is 0 Å². The molecule has 0 bridgehead atoms. The van der Waals surface area contributed by atoms with Gasteiger partial charge in [-0.3, -0.25) is 4.79 Å². The van der Waals surface area contributed by atoms with Crippen LogP contribution >= 0.6 is 0 Å². The molecule has 21 heavy (non-hydrogen) atoms. The summed E-state index contributed by atoms with van der Waals surface area (Å²) in [6.45, 7) is 1.83. The van der Waals surface area contributed by atoms with E-state index in [0.717, 1.165) is 12.0 Å². The zero-order chi connectivity index (χ0) is 15.1. The van der Waals surface area contributed by atoms with E-state index in [-0.39, 0.29) is 12.2 Å². The van der Waals surface area contributed by atoms with E-state index in [1.807, 2.05) is 24.3 Å². The molecule has 0 aromatic heterocycles. The molecule has 1 heterocycles. The van der Waals surface area contributed by atoms with Crippen LogP contribution in [0.25, 0.3) is 0 Å².